The molecule has 4 rings (SSSR count). The van der Waals surface area contributed by atoms with Gasteiger partial charge >= 0.3 is 0 Å². The number of pyridine rings is 1. The molecule has 1 fully saturated rings. The van der Waals surface area contributed by atoms with Crippen LogP contribution in [0.3, 0.4) is 0 Å². The first-order valence-electron chi connectivity index (χ1n) is 10.1. The molecule has 1 saturated heterocycles. The van der Waals surface area contributed by atoms with Gasteiger partial charge in [0.15, 0.2) is 0 Å². The van der Waals surface area contributed by atoms with E-state index in [2.05, 4.69) is 10.3 Å². The molecule has 9 heteroatoms. The molecule has 0 radical (unpaired) electrons. The number of amides is 1. The Morgan fingerprint density at radius 3 is 2.72 bits per heavy atom. The van der Waals surface area contributed by atoms with E-state index in [0.29, 0.717) is 19.0 Å². The molecule has 1 aliphatic heterocycles. The van der Waals surface area contributed by atoms with Gasteiger partial charge in [0, 0.05) is 36.3 Å². The van der Waals surface area contributed by atoms with Gasteiger partial charge in [0.2, 0.25) is 15.9 Å². The molecule has 1 amide bonds. The summed E-state index contributed by atoms with van der Waals surface area (Å²) in [5, 5.41) is 3.69. The molecule has 1 N–H and O–H groups in total. The molecule has 1 aromatic heterocycles. The smallest absolute Gasteiger partial charge is 0.248 e. The summed E-state index contributed by atoms with van der Waals surface area (Å²) in [6.07, 6.45) is 4.75. The van der Waals surface area contributed by atoms with Gasteiger partial charge in [-0.3, -0.25) is 9.78 Å². The van der Waals surface area contributed by atoms with Crippen LogP contribution < -0.4 is 10.1 Å². The van der Waals surface area contributed by atoms with Crippen molar-refractivity contribution in [2.75, 3.05) is 38.7 Å². The average molecular weight is 454 g/mol. The second-order valence-corrected chi connectivity index (χ2v) is 9.06. The van der Waals surface area contributed by atoms with Gasteiger partial charge in [-0.1, -0.05) is 24.3 Å². The summed E-state index contributed by atoms with van der Waals surface area (Å²) >= 11 is 0. The Balaban J connectivity index is 1.57. The number of ether oxygens (including phenoxy) is 2. The van der Waals surface area contributed by atoms with Gasteiger partial charge < -0.3 is 14.8 Å². The number of benzene rings is 2. The van der Waals surface area contributed by atoms with Gasteiger partial charge in [-0.05, 0) is 30.3 Å². The number of para-hydroxylation sites is 1. The van der Waals surface area contributed by atoms with E-state index in [4.69, 9.17) is 9.47 Å². The lowest BCUT2D eigenvalue weighted by Gasteiger charge is -2.26. The number of hydrogen-bond donors (Lipinski definition) is 1. The molecule has 3 aromatic rings. The predicted molar refractivity (Wildman–Crippen MR) is 122 cm³/mol. The van der Waals surface area contributed by atoms with Crippen molar-refractivity contribution in [3.8, 4) is 5.75 Å². The van der Waals surface area contributed by atoms with Crippen molar-refractivity contribution in [1.82, 2.24) is 9.29 Å². The number of aromatic nitrogens is 1. The van der Waals surface area contributed by atoms with Crippen LogP contribution >= 0.6 is 0 Å². The lowest BCUT2D eigenvalue weighted by atomic mass is 10.1. The number of sulfonamides is 1. The zero-order valence-corrected chi connectivity index (χ0v) is 18.3. The fraction of sp³-hybridized carbons (Fsp3) is 0.217. The predicted octanol–water partition coefficient (Wildman–Crippen LogP) is 2.92. The number of nitrogens with zero attached hydrogens (tertiary/aromatic N) is 2. The molecule has 32 heavy (non-hydrogen) atoms. The van der Waals surface area contributed by atoms with Crippen LogP contribution in [-0.2, 0) is 19.6 Å². The molecule has 1 aliphatic rings. The minimum atomic E-state index is -3.70. The summed E-state index contributed by atoms with van der Waals surface area (Å²) in [5.74, 6) is -0.0586. The number of morpholine rings is 1. The second-order valence-electron chi connectivity index (χ2n) is 7.12. The van der Waals surface area contributed by atoms with Crippen LogP contribution in [-0.4, -0.2) is 57.0 Å². The Bertz CT molecular complexity index is 1260. The van der Waals surface area contributed by atoms with Crippen LogP contribution in [0.1, 0.15) is 5.56 Å². The number of anilines is 1. The highest BCUT2D eigenvalue weighted by molar-refractivity contribution is 7.89. The van der Waals surface area contributed by atoms with Crippen LogP contribution in [0.4, 0.5) is 5.69 Å². The molecular weight excluding hydrogens is 430 g/mol. The third kappa shape index (κ3) is 4.64. The Morgan fingerprint density at radius 1 is 1.16 bits per heavy atom. The summed E-state index contributed by atoms with van der Waals surface area (Å²) in [5.41, 5.74) is 1.86. The van der Waals surface area contributed by atoms with Gasteiger partial charge in [0.1, 0.15) is 5.75 Å². The van der Waals surface area contributed by atoms with Gasteiger partial charge in [-0.15, -0.1) is 0 Å². The van der Waals surface area contributed by atoms with E-state index in [9.17, 15) is 13.2 Å². The van der Waals surface area contributed by atoms with Crippen LogP contribution in [0.2, 0.25) is 0 Å². The van der Waals surface area contributed by atoms with Crippen LogP contribution in [0.25, 0.3) is 17.0 Å². The minimum Gasteiger partial charge on any atom is -0.495 e. The molecule has 0 aliphatic carbocycles. The van der Waals surface area contributed by atoms with Gasteiger partial charge in [0.05, 0.1) is 36.4 Å². The molecule has 2 heterocycles. The van der Waals surface area contributed by atoms with E-state index in [1.54, 1.807) is 12.3 Å². The number of rotatable bonds is 6. The van der Waals surface area contributed by atoms with Crippen LogP contribution in [0.15, 0.2) is 65.7 Å². The molecule has 166 valence electrons. The van der Waals surface area contributed by atoms with Crippen molar-refractivity contribution in [2.24, 2.45) is 0 Å². The summed E-state index contributed by atoms with van der Waals surface area (Å²) < 4.78 is 37.8. The largest absolute Gasteiger partial charge is 0.495 e. The Hall–Kier alpha value is -3.27. The summed E-state index contributed by atoms with van der Waals surface area (Å²) in [6, 6.07) is 13.9. The highest BCUT2D eigenvalue weighted by Gasteiger charge is 2.27. The third-order valence-electron chi connectivity index (χ3n) is 5.11. The van der Waals surface area contributed by atoms with Gasteiger partial charge in [-0.2, -0.15) is 4.31 Å². The SMILES string of the molecule is COc1ccc(S(=O)(=O)N2CCOCC2)cc1NC(=O)/C=C/c1cccc2cccnc12. The van der Waals surface area contributed by atoms with E-state index in [1.165, 1.54) is 35.7 Å². The molecule has 0 spiro atoms. The van der Waals surface area contributed by atoms with E-state index in [-0.39, 0.29) is 23.7 Å². The zero-order valence-electron chi connectivity index (χ0n) is 17.5. The molecule has 0 bridgehead atoms. The Labute approximate surface area is 186 Å². The lowest BCUT2D eigenvalue weighted by Crippen LogP contribution is -2.40. The van der Waals surface area contributed by atoms with E-state index in [1.807, 2.05) is 30.3 Å². The number of nitrogens with one attached hydrogen (secondary N) is 1. The van der Waals surface area contributed by atoms with E-state index >= 15 is 0 Å². The topological polar surface area (TPSA) is 97.8 Å². The molecular formula is C23H23N3O5S. The number of methoxy groups -OCH3 is 1. The lowest BCUT2D eigenvalue weighted by molar-refractivity contribution is -0.111. The average Bonchev–Trinajstić information content (AvgIpc) is 2.83. The van der Waals surface area contributed by atoms with Crippen molar-refractivity contribution in [2.45, 2.75) is 4.90 Å². The Morgan fingerprint density at radius 2 is 1.94 bits per heavy atom. The van der Waals surface area contributed by atoms with Crippen molar-refractivity contribution in [3.63, 3.8) is 0 Å². The first-order chi connectivity index (χ1) is 15.5. The summed E-state index contributed by atoms with van der Waals surface area (Å²) in [6.45, 7) is 1.29. The highest BCUT2D eigenvalue weighted by Crippen LogP contribution is 2.29. The maximum absolute atomic E-state index is 13.0. The Kier molecular flexibility index (Phi) is 6.50. The van der Waals surface area contributed by atoms with Crippen molar-refractivity contribution < 1.29 is 22.7 Å². The molecule has 0 atom stereocenters. The third-order valence-corrected chi connectivity index (χ3v) is 7.01. The number of hydrogen-bond acceptors (Lipinski definition) is 6. The molecule has 0 unspecified atom stereocenters. The van der Waals surface area contributed by atoms with E-state index in [0.717, 1.165) is 16.5 Å². The van der Waals surface area contributed by atoms with Gasteiger partial charge in [-0.25, -0.2) is 8.42 Å². The fourth-order valence-corrected chi connectivity index (χ4v) is 4.92. The van der Waals surface area contributed by atoms with Crippen molar-refractivity contribution >= 4 is 38.6 Å². The number of carbonyl (C=O) groups is 1. The summed E-state index contributed by atoms with van der Waals surface area (Å²) in [4.78, 5) is 17.1. The molecule has 8 nitrogen and oxygen atoms in total. The van der Waals surface area contributed by atoms with E-state index < -0.39 is 15.9 Å². The highest BCUT2D eigenvalue weighted by atomic mass is 32.2. The summed E-state index contributed by atoms with van der Waals surface area (Å²) in [7, 11) is -2.25. The standard InChI is InChI=1S/C23H23N3O5S/c1-30-21-9-8-19(32(28,29)26-12-14-31-15-13-26)16-20(21)25-22(27)10-7-18-5-2-4-17-6-3-11-24-23(17)18/h2-11,16H,12-15H2,1H3,(H,25,27)/b10-7+. The van der Waals surface area contributed by atoms with Crippen LogP contribution in [0.5, 0.6) is 5.75 Å². The minimum absolute atomic E-state index is 0.0812. The van der Waals surface area contributed by atoms with Crippen LogP contribution in [0, 0.1) is 0 Å². The molecule has 2 aromatic carbocycles. The van der Waals surface area contributed by atoms with Gasteiger partial charge in [0.25, 0.3) is 0 Å². The normalized spacial score (nSPS) is 15.2. The fourth-order valence-electron chi connectivity index (χ4n) is 3.48. The first-order valence-corrected chi connectivity index (χ1v) is 11.5. The maximum Gasteiger partial charge on any atom is 0.248 e. The second kappa shape index (κ2) is 9.47. The number of fused-ring (bicyclic) bond motifs is 1. The first kappa shape index (κ1) is 21.9. The zero-order chi connectivity index (χ0) is 22.6. The molecule has 0 saturated carbocycles. The quantitative estimate of drug-likeness (QED) is 0.577. The monoisotopic (exact) mass is 453 g/mol. The maximum atomic E-state index is 13.0. The number of carbonyl (C=O) groups excluding carboxylic acids is 1. The van der Waals surface area contributed by atoms with Crippen molar-refractivity contribution in [1.29, 1.82) is 0 Å². The van der Waals surface area contributed by atoms with Crippen molar-refractivity contribution in [3.05, 3.63) is 66.4 Å².